The average Bonchev–Trinajstić information content (AvgIpc) is 3.46. The van der Waals surface area contributed by atoms with Crippen molar-refractivity contribution in [2.45, 2.75) is 36.7 Å². The number of nitrogens with zero attached hydrogens (tertiary/aromatic N) is 3. The first-order valence-corrected chi connectivity index (χ1v) is 10.0. The fraction of sp³-hybridized carbons (Fsp3) is 0.368. The van der Waals surface area contributed by atoms with Gasteiger partial charge in [-0.3, -0.25) is 9.78 Å². The lowest BCUT2D eigenvalue weighted by molar-refractivity contribution is 0.0827. The van der Waals surface area contributed by atoms with Crippen molar-refractivity contribution in [2.75, 3.05) is 14.1 Å². The minimum atomic E-state index is -3.74. The zero-order valence-electron chi connectivity index (χ0n) is 15.2. The third kappa shape index (κ3) is 3.64. The minimum Gasteiger partial charge on any atom is -0.345 e. The molecule has 0 N–H and O–H groups in total. The number of carbonyl (C=O) groups excluding carboxylic acids is 1. The molecule has 1 heterocycles. The van der Waals surface area contributed by atoms with Gasteiger partial charge in [-0.25, -0.2) is 8.42 Å². The Bertz CT molecular complexity index is 893. The SMILES string of the molecule is C[C@H](c1ccccn1)N(C1CC1)S(=O)(=O)c1cccc(C(=O)N(C)C)c1. The van der Waals surface area contributed by atoms with Gasteiger partial charge in [-0.1, -0.05) is 12.1 Å². The summed E-state index contributed by atoms with van der Waals surface area (Å²) in [6.07, 6.45) is 3.35. The molecule has 1 saturated carbocycles. The molecule has 0 bridgehead atoms. The van der Waals surface area contributed by atoms with Gasteiger partial charge in [0.05, 0.1) is 16.6 Å². The highest BCUT2D eigenvalue weighted by Gasteiger charge is 2.42. The molecular formula is C19H23N3O3S. The van der Waals surface area contributed by atoms with Gasteiger partial charge >= 0.3 is 0 Å². The van der Waals surface area contributed by atoms with E-state index in [2.05, 4.69) is 4.98 Å². The van der Waals surface area contributed by atoms with E-state index in [0.717, 1.165) is 12.8 Å². The van der Waals surface area contributed by atoms with E-state index < -0.39 is 10.0 Å². The molecule has 0 saturated heterocycles. The Kier molecular flexibility index (Phi) is 5.11. The number of sulfonamides is 1. The van der Waals surface area contributed by atoms with Crippen LogP contribution < -0.4 is 0 Å². The quantitative estimate of drug-likeness (QED) is 0.781. The molecule has 1 amide bonds. The van der Waals surface area contributed by atoms with Crippen molar-refractivity contribution in [1.29, 1.82) is 0 Å². The van der Waals surface area contributed by atoms with E-state index in [1.165, 1.54) is 15.3 Å². The van der Waals surface area contributed by atoms with Crippen LogP contribution in [0.5, 0.6) is 0 Å². The fourth-order valence-electron chi connectivity index (χ4n) is 2.97. The molecule has 1 aromatic heterocycles. The minimum absolute atomic E-state index is 0.0230. The highest BCUT2D eigenvalue weighted by Crippen LogP contribution is 2.38. The maximum atomic E-state index is 13.3. The molecule has 138 valence electrons. The average molecular weight is 373 g/mol. The molecule has 0 aliphatic heterocycles. The maximum absolute atomic E-state index is 13.3. The van der Waals surface area contributed by atoms with Crippen molar-refractivity contribution in [3.63, 3.8) is 0 Å². The van der Waals surface area contributed by atoms with Gasteiger partial charge in [-0.05, 0) is 50.1 Å². The molecule has 26 heavy (non-hydrogen) atoms. The Morgan fingerprint density at radius 3 is 2.46 bits per heavy atom. The molecule has 0 spiro atoms. The molecule has 1 aliphatic carbocycles. The van der Waals surface area contributed by atoms with Crippen LogP contribution in [0.3, 0.4) is 0 Å². The summed E-state index contributed by atoms with van der Waals surface area (Å²) < 4.78 is 28.2. The van der Waals surface area contributed by atoms with E-state index >= 15 is 0 Å². The van der Waals surface area contributed by atoms with Crippen molar-refractivity contribution in [3.8, 4) is 0 Å². The normalized spacial score (nSPS) is 15.7. The first kappa shape index (κ1) is 18.5. The molecule has 1 atom stereocenters. The van der Waals surface area contributed by atoms with Crippen LogP contribution in [0.25, 0.3) is 0 Å². The number of carbonyl (C=O) groups is 1. The standard InChI is InChI=1S/C19H23N3O3S/c1-14(18-9-4-5-12-20-18)22(16-10-11-16)26(24,25)17-8-6-7-15(13-17)19(23)21(2)3/h4-9,12-14,16H,10-11H2,1-3H3/t14-/m1/s1. The van der Waals surface area contributed by atoms with Gasteiger partial charge in [-0.2, -0.15) is 4.31 Å². The summed E-state index contributed by atoms with van der Waals surface area (Å²) in [5.41, 5.74) is 1.07. The van der Waals surface area contributed by atoms with E-state index in [0.29, 0.717) is 11.3 Å². The number of aromatic nitrogens is 1. The number of benzene rings is 1. The molecule has 1 fully saturated rings. The molecule has 1 aliphatic rings. The highest BCUT2D eigenvalue weighted by molar-refractivity contribution is 7.89. The van der Waals surface area contributed by atoms with Gasteiger partial charge in [0.15, 0.2) is 0 Å². The second-order valence-corrected chi connectivity index (χ2v) is 8.57. The Morgan fingerprint density at radius 1 is 1.15 bits per heavy atom. The third-order valence-electron chi connectivity index (χ3n) is 4.47. The van der Waals surface area contributed by atoms with Crippen LogP contribution in [0.4, 0.5) is 0 Å². The van der Waals surface area contributed by atoms with Crippen molar-refractivity contribution in [2.24, 2.45) is 0 Å². The van der Waals surface area contributed by atoms with Crippen LogP contribution >= 0.6 is 0 Å². The molecule has 0 unspecified atom stereocenters. The van der Waals surface area contributed by atoms with Crippen LogP contribution in [0, 0.1) is 0 Å². The van der Waals surface area contributed by atoms with E-state index in [1.54, 1.807) is 38.5 Å². The molecule has 7 heteroatoms. The zero-order chi connectivity index (χ0) is 18.9. The van der Waals surface area contributed by atoms with Gasteiger partial charge < -0.3 is 4.90 Å². The summed E-state index contributed by atoms with van der Waals surface area (Å²) in [5, 5.41) is 0. The van der Waals surface area contributed by atoms with Gasteiger partial charge in [0.2, 0.25) is 10.0 Å². The van der Waals surface area contributed by atoms with Crippen molar-refractivity contribution >= 4 is 15.9 Å². The largest absolute Gasteiger partial charge is 0.345 e. The van der Waals surface area contributed by atoms with Crippen LogP contribution in [-0.4, -0.2) is 48.7 Å². The van der Waals surface area contributed by atoms with E-state index in [4.69, 9.17) is 0 Å². The number of amides is 1. The summed E-state index contributed by atoms with van der Waals surface area (Å²) in [5.74, 6) is -0.224. The Hall–Kier alpha value is -2.25. The van der Waals surface area contributed by atoms with Gasteiger partial charge in [-0.15, -0.1) is 0 Å². The second-order valence-electron chi connectivity index (χ2n) is 6.72. The van der Waals surface area contributed by atoms with Crippen molar-refractivity contribution < 1.29 is 13.2 Å². The Balaban J connectivity index is 1.99. The molecule has 6 nitrogen and oxygen atoms in total. The first-order valence-electron chi connectivity index (χ1n) is 8.58. The number of hydrogen-bond donors (Lipinski definition) is 0. The monoisotopic (exact) mass is 373 g/mol. The van der Waals surface area contributed by atoms with Gasteiger partial charge in [0.25, 0.3) is 5.91 Å². The Labute approximate surface area is 154 Å². The van der Waals surface area contributed by atoms with Crippen molar-refractivity contribution in [3.05, 3.63) is 59.9 Å². The van der Waals surface area contributed by atoms with Gasteiger partial charge in [0, 0.05) is 31.9 Å². The zero-order valence-corrected chi connectivity index (χ0v) is 16.0. The summed E-state index contributed by atoms with van der Waals surface area (Å²) >= 11 is 0. The summed E-state index contributed by atoms with van der Waals surface area (Å²) in [7, 11) is -0.460. The van der Waals surface area contributed by atoms with Gasteiger partial charge in [0.1, 0.15) is 0 Å². The molecule has 0 radical (unpaired) electrons. The van der Waals surface area contributed by atoms with Crippen molar-refractivity contribution in [1.82, 2.24) is 14.2 Å². The predicted octanol–water partition coefficient (Wildman–Crippen LogP) is 2.70. The first-order chi connectivity index (χ1) is 12.3. The lowest BCUT2D eigenvalue weighted by atomic mass is 10.2. The number of hydrogen-bond acceptors (Lipinski definition) is 4. The lowest BCUT2D eigenvalue weighted by Crippen LogP contribution is -2.36. The summed E-state index contributed by atoms with van der Waals surface area (Å²) in [4.78, 5) is 18.1. The molecular weight excluding hydrogens is 350 g/mol. The molecule has 1 aromatic carbocycles. The third-order valence-corrected chi connectivity index (χ3v) is 6.49. The number of pyridine rings is 1. The lowest BCUT2D eigenvalue weighted by Gasteiger charge is -2.28. The van der Waals surface area contributed by atoms with E-state index in [-0.39, 0.29) is 22.9 Å². The summed E-state index contributed by atoms with van der Waals surface area (Å²) in [6.45, 7) is 1.85. The predicted molar refractivity (Wildman–Crippen MR) is 99.2 cm³/mol. The smallest absolute Gasteiger partial charge is 0.253 e. The highest BCUT2D eigenvalue weighted by atomic mass is 32.2. The second kappa shape index (κ2) is 7.17. The topological polar surface area (TPSA) is 70.6 Å². The van der Waals surface area contributed by atoms with Crippen LogP contribution in [0.1, 0.15) is 41.9 Å². The maximum Gasteiger partial charge on any atom is 0.253 e. The van der Waals surface area contributed by atoms with E-state index in [1.807, 2.05) is 25.1 Å². The fourth-order valence-corrected chi connectivity index (χ4v) is 4.87. The van der Waals surface area contributed by atoms with Crippen LogP contribution in [-0.2, 0) is 10.0 Å². The summed E-state index contributed by atoms with van der Waals surface area (Å²) in [6, 6.07) is 11.3. The van der Waals surface area contributed by atoms with Crippen LogP contribution in [0.2, 0.25) is 0 Å². The van der Waals surface area contributed by atoms with E-state index in [9.17, 15) is 13.2 Å². The molecule has 2 aromatic rings. The molecule has 3 rings (SSSR count). The van der Waals surface area contributed by atoms with Crippen LogP contribution in [0.15, 0.2) is 53.6 Å². The number of rotatable bonds is 6. The Morgan fingerprint density at radius 2 is 1.88 bits per heavy atom.